The Labute approximate surface area is 154 Å². The summed E-state index contributed by atoms with van der Waals surface area (Å²) in [5.74, 6) is -0.226. The van der Waals surface area contributed by atoms with E-state index in [2.05, 4.69) is 47.0 Å². The minimum absolute atomic E-state index is 0.226. The zero-order chi connectivity index (χ0) is 18.4. The fourth-order valence-electron chi connectivity index (χ4n) is 4.68. The SMILES string of the molecule is Cc1cc2c3cccnc3n3c4cc(F)cc5cc[n+](C)c(c(c1C)c23)c54. The molecule has 0 saturated carbocycles. The zero-order valence-corrected chi connectivity index (χ0v) is 15.3. The highest BCUT2D eigenvalue weighted by Crippen LogP contribution is 2.41. The van der Waals surface area contributed by atoms with E-state index in [1.54, 1.807) is 18.3 Å². The number of fused-ring (bicyclic) bond motifs is 5. The van der Waals surface area contributed by atoms with Crippen molar-refractivity contribution in [2.45, 2.75) is 13.8 Å². The van der Waals surface area contributed by atoms with E-state index in [0.29, 0.717) is 0 Å². The van der Waals surface area contributed by atoms with Gasteiger partial charge < -0.3 is 0 Å². The fraction of sp³-hybridized carbons (Fsp3) is 0.130. The second-order valence-corrected chi connectivity index (χ2v) is 7.46. The molecule has 4 aromatic heterocycles. The molecule has 0 bridgehead atoms. The van der Waals surface area contributed by atoms with Crippen LogP contribution in [0.15, 0.2) is 48.8 Å². The molecular weight excluding hydrogens is 337 g/mol. The van der Waals surface area contributed by atoms with Gasteiger partial charge in [-0.05, 0) is 60.7 Å². The Morgan fingerprint density at radius 3 is 2.74 bits per heavy atom. The summed E-state index contributed by atoms with van der Waals surface area (Å²) in [4.78, 5) is 4.67. The fourth-order valence-corrected chi connectivity index (χ4v) is 4.68. The lowest BCUT2D eigenvalue weighted by Gasteiger charge is -2.13. The van der Waals surface area contributed by atoms with Gasteiger partial charge in [-0.1, -0.05) is 0 Å². The van der Waals surface area contributed by atoms with Gasteiger partial charge in [-0.3, -0.25) is 4.40 Å². The molecule has 0 aliphatic heterocycles. The Morgan fingerprint density at radius 2 is 1.89 bits per heavy atom. The van der Waals surface area contributed by atoms with Gasteiger partial charge in [0.15, 0.2) is 6.20 Å². The molecule has 4 heteroatoms. The summed E-state index contributed by atoms with van der Waals surface area (Å²) in [7, 11) is 2.06. The summed E-state index contributed by atoms with van der Waals surface area (Å²) in [6.07, 6.45) is 3.83. The van der Waals surface area contributed by atoms with E-state index in [9.17, 15) is 4.39 Å². The molecule has 0 saturated heterocycles. The van der Waals surface area contributed by atoms with Crippen molar-refractivity contribution in [2.24, 2.45) is 7.05 Å². The molecule has 0 aliphatic rings. The molecule has 6 rings (SSSR count). The van der Waals surface area contributed by atoms with Gasteiger partial charge in [-0.15, -0.1) is 0 Å². The molecule has 6 aromatic rings. The molecule has 4 heterocycles. The highest BCUT2D eigenvalue weighted by molar-refractivity contribution is 6.25. The van der Waals surface area contributed by atoms with Crippen molar-refractivity contribution < 1.29 is 8.96 Å². The third kappa shape index (κ3) is 1.66. The first kappa shape index (κ1) is 14.9. The minimum atomic E-state index is -0.226. The largest absolute Gasteiger partial charge is 0.292 e. The Bertz CT molecular complexity index is 1560. The Kier molecular flexibility index (Phi) is 2.59. The Hall–Kier alpha value is -3.27. The maximum Gasteiger partial charge on any atom is 0.224 e. The predicted molar refractivity (Wildman–Crippen MR) is 107 cm³/mol. The van der Waals surface area contributed by atoms with Gasteiger partial charge in [-0.2, -0.15) is 0 Å². The maximum absolute atomic E-state index is 14.5. The Morgan fingerprint density at radius 1 is 1.04 bits per heavy atom. The van der Waals surface area contributed by atoms with Crippen LogP contribution in [0.1, 0.15) is 11.1 Å². The van der Waals surface area contributed by atoms with Crippen LogP contribution in [0.25, 0.3) is 49.1 Å². The first-order valence-electron chi connectivity index (χ1n) is 9.08. The first-order chi connectivity index (χ1) is 13.1. The second-order valence-electron chi connectivity index (χ2n) is 7.46. The quantitative estimate of drug-likeness (QED) is 0.214. The van der Waals surface area contributed by atoms with Crippen molar-refractivity contribution in [3.63, 3.8) is 0 Å². The molecule has 2 aromatic carbocycles. The smallest absolute Gasteiger partial charge is 0.224 e. The van der Waals surface area contributed by atoms with Gasteiger partial charge in [0.05, 0.1) is 21.8 Å². The van der Waals surface area contributed by atoms with Gasteiger partial charge in [0.25, 0.3) is 0 Å². The number of hydrogen-bond acceptors (Lipinski definition) is 1. The molecule has 0 spiro atoms. The Balaban J connectivity index is 2.17. The number of nitrogens with zero attached hydrogens (tertiary/aromatic N) is 3. The van der Waals surface area contributed by atoms with Crippen molar-refractivity contribution >= 4 is 49.1 Å². The van der Waals surface area contributed by atoms with Crippen LogP contribution in [-0.4, -0.2) is 9.38 Å². The minimum Gasteiger partial charge on any atom is -0.292 e. The number of aryl methyl sites for hydroxylation is 3. The van der Waals surface area contributed by atoms with Crippen LogP contribution in [-0.2, 0) is 7.05 Å². The van der Waals surface area contributed by atoms with Crippen LogP contribution in [0.5, 0.6) is 0 Å². The monoisotopic (exact) mass is 354 g/mol. The molecule has 3 nitrogen and oxygen atoms in total. The topological polar surface area (TPSA) is 21.2 Å². The number of aromatic nitrogens is 3. The molecule has 0 N–H and O–H groups in total. The maximum atomic E-state index is 14.5. The number of rotatable bonds is 0. The number of pyridine rings is 3. The third-order valence-electron chi connectivity index (χ3n) is 5.99. The highest BCUT2D eigenvalue weighted by Gasteiger charge is 2.25. The van der Waals surface area contributed by atoms with E-state index in [1.807, 2.05) is 18.3 Å². The van der Waals surface area contributed by atoms with Gasteiger partial charge in [0.1, 0.15) is 18.5 Å². The molecule has 0 fully saturated rings. The van der Waals surface area contributed by atoms with Gasteiger partial charge in [0.2, 0.25) is 5.52 Å². The lowest BCUT2D eigenvalue weighted by atomic mass is 9.96. The standard InChI is InChI=1S/C23H17FN3/c1-12-9-17-16-5-4-7-25-23(16)27-18-11-15(24)10-14-6-8-26(3)22(20(14)18)19(13(12)2)21(17)27/h4-11H,1-3H3/q+1. The zero-order valence-electron chi connectivity index (χ0n) is 15.3. The van der Waals surface area contributed by atoms with E-state index >= 15 is 0 Å². The van der Waals surface area contributed by atoms with Crippen LogP contribution >= 0.6 is 0 Å². The van der Waals surface area contributed by atoms with Crippen LogP contribution in [0.2, 0.25) is 0 Å². The van der Waals surface area contributed by atoms with Crippen LogP contribution in [0.4, 0.5) is 4.39 Å². The summed E-state index contributed by atoms with van der Waals surface area (Å²) < 4.78 is 18.8. The van der Waals surface area contributed by atoms with E-state index in [-0.39, 0.29) is 5.82 Å². The normalized spacial score (nSPS) is 12.4. The molecule has 0 amide bonds. The lowest BCUT2D eigenvalue weighted by Crippen LogP contribution is -2.29. The molecule has 0 unspecified atom stereocenters. The van der Waals surface area contributed by atoms with E-state index in [4.69, 9.17) is 0 Å². The molecule has 0 atom stereocenters. The average Bonchev–Trinajstić information content (AvgIpc) is 2.98. The summed E-state index contributed by atoms with van der Waals surface area (Å²) in [5, 5.41) is 5.48. The van der Waals surface area contributed by atoms with E-state index in [1.165, 1.54) is 21.9 Å². The van der Waals surface area contributed by atoms with Crippen molar-refractivity contribution in [3.8, 4) is 0 Å². The van der Waals surface area contributed by atoms with Crippen LogP contribution in [0.3, 0.4) is 0 Å². The van der Waals surface area contributed by atoms with Crippen molar-refractivity contribution in [1.29, 1.82) is 0 Å². The molecule has 0 radical (unpaired) electrons. The average molecular weight is 354 g/mol. The van der Waals surface area contributed by atoms with Gasteiger partial charge in [0, 0.05) is 23.0 Å². The van der Waals surface area contributed by atoms with Gasteiger partial charge >= 0.3 is 0 Å². The molecular formula is C23H17FN3+. The second kappa shape index (κ2) is 4.71. The van der Waals surface area contributed by atoms with E-state index in [0.717, 1.165) is 38.4 Å². The molecule has 0 aliphatic carbocycles. The third-order valence-corrected chi connectivity index (χ3v) is 5.99. The summed E-state index contributed by atoms with van der Waals surface area (Å²) >= 11 is 0. The molecule has 27 heavy (non-hydrogen) atoms. The van der Waals surface area contributed by atoms with Crippen molar-refractivity contribution in [2.75, 3.05) is 0 Å². The van der Waals surface area contributed by atoms with E-state index < -0.39 is 0 Å². The van der Waals surface area contributed by atoms with Crippen molar-refractivity contribution in [3.05, 3.63) is 65.7 Å². The number of hydrogen-bond donors (Lipinski definition) is 0. The van der Waals surface area contributed by atoms with Crippen LogP contribution < -0.4 is 4.57 Å². The number of benzene rings is 2. The first-order valence-corrected chi connectivity index (χ1v) is 9.08. The number of halogens is 1. The van der Waals surface area contributed by atoms with Gasteiger partial charge in [-0.25, -0.2) is 13.9 Å². The summed E-state index contributed by atoms with van der Waals surface area (Å²) in [6, 6.07) is 11.5. The van der Waals surface area contributed by atoms with Crippen LogP contribution in [0, 0.1) is 19.7 Å². The van der Waals surface area contributed by atoms with Crippen molar-refractivity contribution in [1.82, 2.24) is 9.38 Å². The summed E-state index contributed by atoms with van der Waals surface area (Å²) in [5.41, 5.74) is 6.51. The highest BCUT2D eigenvalue weighted by atomic mass is 19.1. The molecule has 130 valence electrons. The predicted octanol–water partition coefficient (Wildman–Crippen LogP) is 4.97. The summed E-state index contributed by atoms with van der Waals surface area (Å²) in [6.45, 7) is 4.33. The lowest BCUT2D eigenvalue weighted by molar-refractivity contribution is -0.643.